The molecule has 0 amide bonds. The largest absolute Gasteiger partial charge is 0.364 e. The first kappa shape index (κ1) is 15.0. The van der Waals surface area contributed by atoms with E-state index in [-0.39, 0.29) is 10.6 Å². The van der Waals surface area contributed by atoms with E-state index in [0.717, 1.165) is 12.2 Å². The van der Waals surface area contributed by atoms with Crippen molar-refractivity contribution in [2.75, 3.05) is 17.6 Å². The van der Waals surface area contributed by atoms with Crippen molar-refractivity contribution in [1.82, 2.24) is 9.97 Å². The molecule has 0 atom stereocenters. The lowest BCUT2D eigenvalue weighted by Gasteiger charge is -2.10. The molecule has 0 spiro atoms. The van der Waals surface area contributed by atoms with Gasteiger partial charge in [0.25, 0.3) is 0 Å². The molecule has 1 N–H and O–H groups in total. The Hall–Kier alpha value is -1.37. The van der Waals surface area contributed by atoms with Crippen molar-refractivity contribution >= 4 is 23.3 Å². The summed E-state index contributed by atoms with van der Waals surface area (Å²) in [6.45, 7) is 2.68. The van der Waals surface area contributed by atoms with Gasteiger partial charge in [-0.2, -0.15) is 0 Å². The van der Waals surface area contributed by atoms with E-state index < -0.39 is 0 Å². The van der Waals surface area contributed by atoms with Crippen molar-refractivity contribution in [3.63, 3.8) is 0 Å². The number of rotatable bonds is 7. The molecule has 0 aromatic carbocycles. The van der Waals surface area contributed by atoms with E-state index in [4.69, 9.17) is 0 Å². The van der Waals surface area contributed by atoms with Crippen LogP contribution in [0.5, 0.6) is 0 Å². The molecule has 1 aromatic heterocycles. The first-order chi connectivity index (χ1) is 9.72. The minimum Gasteiger partial charge on any atom is -0.364 e. The van der Waals surface area contributed by atoms with E-state index in [0.29, 0.717) is 23.3 Å². The molecule has 1 heterocycles. The highest BCUT2D eigenvalue weighted by Gasteiger charge is 2.24. The van der Waals surface area contributed by atoms with E-state index in [1.54, 1.807) is 0 Å². The van der Waals surface area contributed by atoms with Crippen molar-refractivity contribution in [2.45, 2.75) is 44.1 Å². The molecule has 1 saturated carbocycles. The van der Waals surface area contributed by atoms with Gasteiger partial charge in [0.2, 0.25) is 5.82 Å². The van der Waals surface area contributed by atoms with Crippen LogP contribution < -0.4 is 5.32 Å². The zero-order valence-electron chi connectivity index (χ0n) is 11.7. The standard InChI is InChI=1S/C13H20N4O2S/c1-2-7-14-12-11(17(18)19)13(16-9-15-12)20-8-10-5-3-4-6-10/h9-10H,2-8H2,1H3,(H,14,15,16). The summed E-state index contributed by atoms with van der Waals surface area (Å²) in [5, 5.41) is 14.8. The lowest BCUT2D eigenvalue weighted by atomic mass is 10.1. The maximum Gasteiger partial charge on any atom is 0.343 e. The van der Waals surface area contributed by atoms with Crippen molar-refractivity contribution in [3.05, 3.63) is 16.4 Å². The van der Waals surface area contributed by atoms with Crippen molar-refractivity contribution in [3.8, 4) is 0 Å². The molecule has 1 aromatic rings. The van der Waals surface area contributed by atoms with Crippen LogP contribution in [0.3, 0.4) is 0 Å². The first-order valence-corrected chi connectivity index (χ1v) is 8.07. The van der Waals surface area contributed by atoms with Crippen LogP contribution in [0, 0.1) is 16.0 Å². The van der Waals surface area contributed by atoms with Gasteiger partial charge in [-0.25, -0.2) is 9.97 Å². The maximum atomic E-state index is 11.3. The highest BCUT2D eigenvalue weighted by molar-refractivity contribution is 7.99. The summed E-state index contributed by atoms with van der Waals surface area (Å²) in [6, 6.07) is 0. The van der Waals surface area contributed by atoms with Gasteiger partial charge in [-0.05, 0) is 25.2 Å². The monoisotopic (exact) mass is 296 g/mol. The van der Waals surface area contributed by atoms with Gasteiger partial charge in [-0.3, -0.25) is 10.1 Å². The Kier molecular flexibility index (Phi) is 5.58. The van der Waals surface area contributed by atoms with Gasteiger partial charge >= 0.3 is 5.69 Å². The summed E-state index contributed by atoms with van der Waals surface area (Å²) in [6.07, 6.45) is 7.31. The molecule has 1 fully saturated rings. The third-order valence-electron chi connectivity index (χ3n) is 3.44. The zero-order chi connectivity index (χ0) is 14.4. The lowest BCUT2D eigenvalue weighted by molar-refractivity contribution is -0.387. The number of hydrogen-bond acceptors (Lipinski definition) is 6. The fourth-order valence-electron chi connectivity index (χ4n) is 2.38. The van der Waals surface area contributed by atoms with Crippen molar-refractivity contribution in [2.24, 2.45) is 5.92 Å². The van der Waals surface area contributed by atoms with Gasteiger partial charge in [-0.15, -0.1) is 0 Å². The van der Waals surface area contributed by atoms with E-state index >= 15 is 0 Å². The number of nitro groups is 1. The quantitative estimate of drug-likeness (QED) is 0.359. The molecule has 0 bridgehead atoms. The summed E-state index contributed by atoms with van der Waals surface area (Å²) >= 11 is 1.49. The summed E-state index contributed by atoms with van der Waals surface area (Å²) < 4.78 is 0. The Bertz CT molecular complexity index is 464. The number of hydrogen-bond donors (Lipinski definition) is 1. The second-order valence-corrected chi connectivity index (χ2v) is 6.03. The molecule has 2 rings (SSSR count). The predicted octanol–water partition coefficient (Wildman–Crippen LogP) is 3.49. The second kappa shape index (κ2) is 7.42. The summed E-state index contributed by atoms with van der Waals surface area (Å²) in [7, 11) is 0. The van der Waals surface area contributed by atoms with Crippen LogP contribution in [0.1, 0.15) is 39.0 Å². The number of nitrogens with zero attached hydrogens (tertiary/aromatic N) is 3. The molecule has 0 aliphatic heterocycles. The van der Waals surface area contributed by atoms with Crippen molar-refractivity contribution < 1.29 is 4.92 Å². The fraction of sp³-hybridized carbons (Fsp3) is 0.692. The van der Waals surface area contributed by atoms with Crippen LogP contribution in [0.25, 0.3) is 0 Å². The Labute approximate surface area is 122 Å². The smallest absolute Gasteiger partial charge is 0.343 e. The minimum absolute atomic E-state index is 0.0175. The minimum atomic E-state index is -0.380. The number of anilines is 1. The first-order valence-electron chi connectivity index (χ1n) is 7.08. The molecular weight excluding hydrogens is 276 g/mol. The summed E-state index contributed by atoms with van der Waals surface area (Å²) in [5.74, 6) is 1.91. The average molecular weight is 296 g/mol. The molecule has 110 valence electrons. The van der Waals surface area contributed by atoms with Crippen LogP contribution in [0.2, 0.25) is 0 Å². The normalized spacial score (nSPS) is 15.4. The predicted molar refractivity (Wildman–Crippen MR) is 80.1 cm³/mol. The van der Waals surface area contributed by atoms with E-state index in [1.807, 2.05) is 6.92 Å². The van der Waals surface area contributed by atoms with Crippen LogP contribution in [-0.2, 0) is 0 Å². The van der Waals surface area contributed by atoms with E-state index in [2.05, 4.69) is 15.3 Å². The molecule has 1 aliphatic carbocycles. The molecular formula is C13H20N4O2S. The Morgan fingerprint density at radius 3 is 2.85 bits per heavy atom. The fourth-order valence-corrected chi connectivity index (χ4v) is 3.54. The number of aromatic nitrogens is 2. The van der Waals surface area contributed by atoms with Crippen LogP contribution in [-0.4, -0.2) is 27.2 Å². The topological polar surface area (TPSA) is 81.0 Å². The Balaban J connectivity index is 2.11. The second-order valence-electron chi connectivity index (χ2n) is 5.02. The SMILES string of the molecule is CCCNc1ncnc(SCC2CCCC2)c1[N+](=O)[O-]. The van der Waals surface area contributed by atoms with Crippen molar-refractivity contribution in [1.29, 1.82) is 0 Å². The third kappa shape index (κ3) is 3.82. The van der Waals surface area contributed by atoms with Gasteiger partial charge in [-0.1, -0.05) is 31.5 Å². The van der Waals surface area contributed by atoms with Crippen LogP contribution in [0.15, 0.2) is 11.4 Å². The lowest BCUT2D eigenvalue weighted by Crippen LogP contribution is -2.08. The van der Waals surface area contributed by atoms with E-state index in [1.165, 1.54) is 43.8 Å². The molecule has 20 heavy (non-hydrogen) atoms. The molecule has 6 nitrogen and oxygen atoms in total. The molecule has 0 radical (unpaired) electrons. The molecule has 7 heteroatoms. The number of thioether (sulfide) groups is 1. The summed E-state index contributed by atoms with van der Waals surface area (Å²) in [5.41, 5.74) is 0.0175. The van der Waals surface area contributed by atoms with Crippen LogP contribution in [0.4, 0.5) is 11.5 Å². The van der Waals surface area contributed by atoms with Gasteiger partial charge < -0.3 is 5.32 Å². The van der Waals surface area contributed by atoms with Gasteiger partial charge in [0, 0.05) is 12.3 Å². The maximum absolute atomic E-state index is 11.3. The third-order valence-corrected chi connectivity index (χ3v) is 4.65. The Morgan fingerprint density at radius 2 is 2.20 bits per heavy atom. The molecule has 0 unspecified atom stereocenters. The van der Waals surface area contributed by atoms with Gasteiger partial charge in [0.05, 0.1) is 4.92 Å². The highest BCUT2D eigenvalue weighted by Crippen LogP contribution is 2.36. The Morgan fingerprint density at radius 1 is 1.45 bits per heavy atom. The highest BCUT2D eigenvalue weighted by atomic mass is 32.2. The molecule has 0 saturated heterocycles. The average Bonchev–Trinajstić information content (AvgIpc) is 2.95. The summed E-state index contributed by atoms with van der Waals surface area (Å²) in [4.78, 5) is 19.0. The van der Waals surface area contributed by atoms with Gasteiger partial charge in [0.15, 0.2) is 5.03 Å². The zero-order valence-corrected chi connectivity index (χ0v) is 12.5. The van der Waals surface area contributed by atoms with Crippen LogP contribution >= 0.6 is 11.8 Å². The van der Waals surface area contributed by atoms with Gasteiger partial charge in [0.1, 0.15) is 6.33 Å². The number of nitrogens with one attached hydrogen (secondary N) is 1. The van der Waals surface area contributed by atoms with E-state index in [9.17, 15) is 10.1 Å². The molecule has 1 aliphatic rings.